The van der Waals surface area contributed by atoms with Gasteiger partial charge in [-0.2, -0.15) is 0 Å². The lowest BCUT2D eigenvalue weighted by molar-refractivity contribution is -0.148. The molecule has 1 atom stereocenters. The van der Waals surface area contributed by atoms with Gasteiger partial charge in [-0.1, -0.05) is 24.0 Å². The van der Waals surface area contributed by atoms with Crippen LogP contribution in [0.1, 0.15) is 19.3 Å². The highest BCUT2D eigenvalue weighted by Crippen LogP contribution is 2.19. The Kier molecular flexibility index (Phi) is 5.70. The topological polar surface area (TPSA) is 69.6 Å². The molecule has 1 aliphatic rings. The number of nitrogens with zero attached hydrogens (tertiary/aromatic N) is 1. The molecular weight excluding hydrogens is 260 g/mol. The molecule has 0 aromatic heterocycles. The normalized spacial score (nSPS) is 19.1. The Balaban J connectivity index is 2.37. The molecule has 0 aliphatic carbocycles. The highest BCUT2D eigenvalue weighted by Gasteiger charge is 2.33. The minimum absolute atomic E-state index is 0.0960. The number of amides is 1. The van der Waals surface area contributed by atoms with E-state index in [9.17, 15) is 9.59 Å². The zero-order valence-electron chi connectivity index (χ0n) is 9.64. The third kappa shape index (κ3) is 4.16. The average Bonchev–Trinajstić information content (AvgIpc) is 2.77. The Morgan fingerprint density at radius 2 is 2.29 bits per heavy atom. The Morgan fingerprint density at radius 1 is 1.59 bits per heavy atom. The summed E-state index contributed by atoms with van der Waals surface area (Å²) in [5.41, 5.74) is 0. The molecule has 0 radical (unpaired) electrons. The number of nitrogens with one attached hydrogen (secondary N) is 1. The maximum atomic E-state index is 11.8. The van der Waals surface area contributed by atoms with Crippen molar-refractivity contribution in [2.24, 2.45) is 0 Å². The number of hydrogen-bond donors (Lipinski definition) is 2. The van der Waals surface area contributed by atoms with Crippen LogP contribution in [0, 0.1) is 0 Å². The molecule has 0 aromatic carbocycles. The van der Waals surface area contributed by atoms with Gasteiger partial charge in [-0.25, -0.2) is 4.79 Å². The fraction of sp³-hybridized carbons (Fsp3) is 0.700. The van der Waals surface area contributed by atoms with Crippen molar-refractivity contribution < 1.29 is 14.7 Å². The monoisotopic (exact) mass is 276 g/mol. The summed E-state index contributed by atoms with van der Waals surface area (Å²) in [5, 5.41) is 11.8. The quantitative estimate of drug-likeness (QED) is 0.736. The Morgan fingerprint density at radius 3 is 2.88 bits per heavy atom. The van der Waals surface area contributed by atoms with Crippen molar-refractivity contribution >= 4 is 40.2 Å². The lowest BCUT2D eigenvalue weighted by atomic mass is 10.2. The Hall–Kier alpha value is -0.820. The lowest BCUT2D eigenvalue weighted by Crippen LogP contribution is -2.40. The summed E-state index contributed by atoms with van der Waals surface area (Å²) in [6, 6.07) is -0.635. The van der Waals surface area contributed by atoms with Crippen LogP contribution >= 0.6 is 24.0 Å². The molecule has 1 fully saturated rings. The fourth-order valence-corrected chi connectivity index (χ4v) is 2.63. The molecule has 0 saturated carbocycles. The molecule has 7 heteroatoms. The van der Waals surface area contributed by atoms with Crippen molar-refractivity contribution in [2.45, 2.75) is 25.3 Å². The highest BCUT2D eigenvalue weighted by atomic mass is 32.2. The first-order valence-electron chi connectivity index (χ1n) is 5.43. The van der Waals surface area contributed by atoms with Crippen LogP contribution in [0.3, 0.4) is 0 Å². The van der Waals surface area contributed by atoms with Crippen LogP contribution in [0.25, 0.3) is 0 Å². The molecule has 0 aromatic rings. The van der Waals surface area contributed by atoms with E-state index < -0.39 is 12.0 Å². The van der Waals surface area contributed by atoms with E-state index in [1.165, 1.54) is 16.7 Å². The van der Waals surface area contributed by atoms with Gasteiger partial charge in [0, 0.05) is 25.8 Å². The van der Waals surface area contributed by atoms with Crippen molar-refractivity contribution in [3.05, 3.63) is 0 Å². The number of thioether (sulfide) groups is 1. The molecule has 1 rings (SSSR count). The average molecular weight is 276 g/mol. The molecule has 1 aliphatic heterocycles. The fourth-order valence-electron chi connectivity index (χ4n) is 1.77. The third-order valence-electron chi connectivity index (χ3n) is 2.61. The minimum atomic E-state index is -0.908. The second-order valence-electron chi connectivity index (χ2n) is 3.72. The van der Waals surface area contributed by atoms with Crippen molar-refractivity contribution in [1.82, 2.24) is 10.2 Å². The van der Waals surface area contributed by atoms with Crippen LogP contribution in [0.5, 0.6) is 0 Å². The predicted octanol–water partition coefficient (Wildman–Crippen LogP) is 0.690. The van der Waals surface area contributed by atoms with Gasteiger partial charge in [0.05, 0.1) is 0 Å². The summed E-state index contributed by atoms with van der Waals surface area (Å²) in [5.74, 6) is -0.419. The second kappa shape index (κ2) is 6.80. The second-order valence-corrected chi connectivity index (χ2v) is 5.49. The molecule has 0 unspecified atom stereocenters. The molecule has 1 heterocycles. The maximum Gasteiger partial charge on any atom is 0.326 e. The van der Waals surface area contributed by atoms with Crippen LogP contribution < -0.4 is 5.32 Å². The number of likely N-dealkylation sites (tertiary alicyclic amines) is 1. The molecule has 0 spiro atoms. The smallest absolute Gasteiger partial charge is 0.326 e. The first-order chi connectivity index (χ1) is 8.06. The number of carboxylic acid groups (broad SMARTS) is 1. The zero-order valence-corrected chi connectivity index (χ0v) is 11.3. The molecule has 1 amide bonds. The van der Waals surface area contributed by atoms with E-state index in [0.29, 0.717) is 29.5 Å². The van der Waals surface area contributed by atoms with Crippen LogP contribution in [-0.4, -0.2) is 51.6 Å². The van der Waals surface area contributed by atoms with Crippen LogP contribution in [-0.2, 0) is 9.59 Å². The molecule has 2 N–H and O–H groups in total. The highest BCUT2D eigenvalue weighted by molar-refractivity contribution is 8.22. The zero-order chi connectivity index (χ0) is 12.8. The number of rotatable bonds is 4. The number of carbonyl (C=O) groups is 2. The van der Waals surface area contributed by atoms with Crippen LogP contribution in [0.15, 0.2) is 0 Å². The third-order valence-corrected chi connectivity index (χ3v) is 4.04. The van der Waals surface area contributed by atoms with E-state index in [1.54, 1.807) is 7.05 Å². The first kappa shape index (κ1) is 14.2. The molecule has 5 nitrogen and oxygen atoms in total. The van der Waals surface area contributed by atoms with Gasteiger partial charge in [0.25, 0.3) is 0 Å². The SMILES string of the molecule is CNC(=S)SCCC(=O)N1CCC[C@H]1C(=O)O. The van der Waals surface area contributed by atoms with Gasteiger partial charge in [0.2, 0.25) is 5.91 Å². The Labute approximate surface area is 110 Å². The number of thiocarbonyl (C=S) groups is 1. The number of hydrogen-bond acceptors (Lipinski definition) is 4. The molecule has 0 bridgehead atoms. The van der Waals surface area contributed by atoms with Gasteiger partial charge in [-0.15, -0.1) is 0 Å². The predicted molar refractivity (Wildman–Crippen MR) is 71.1 cm³/mol. The number of aliphatic carboxylic acids is 1. The van der Waals surface area contributed by atoms with Crippen LogP contribution in [0.4, 0.5) is 0 Å². The Bertz CT molecular complexity index is 323. The van der Waals surface area contributed by atoms with Crippen molar-refractivity contribution in [3.8, 4) is 0 Å². The molecule has 96 valence electrons. The van der Waals surface area contributed by atoms with Crippen LogP contribution in [0.2, 0.25) is 0 Å². The van der Waals surface area contributed by atoms with Crippen molar-refractivity contribution in [3.63, 3.8) is 0 Å². The van der Waals surface area contributed by atoms with Gasteiger partial charge in [0.1, 0.15) is 10.4 Å². The number of carboxylic acids is 1. The van der Waals surface area contributed by atoms with E-state index in [0.717, 1.165) is 6.42 Å². The van der Waals surface area contributed by atoms with E-state index in [1.807, 2.05) is 0 Å². The standard InChI is InChI=1S/C10H16N2O3S2/c1-11-10(16)17-6-4-8(13)12-5-2-3-7(12)9(14)15/h7H,2-6H2,1H3,(H,11,16)(H,14,15)/t7-/m0/s1. The van der Waals surface area contributed by atoms with E-state index in [2.05, 4.69) is 5.32 Å². The van der Waals surface area contributed by atoms with Gasteiger partial charge in [0.15, 0.2) is 0 Å². The van der Waals surface area contributed by atoms with E-state index >= 15 is 0 Å². The summed E-state index contributed by atoms with van der Waals surface area (Å²) in [4.78, 5) is 24.2. The summed E-state index contributed by atoms with van der Waals surface area (Å²) in [6.45, 7) is 0.553. The van der Waals surface area contributed by atoms with Gasteiger partial charge in [-0.3, -0.25) is 4.79 Å². The van der Waals surface area contributed by atoms with E-state index in [4.69, 9.17) is 17.3 Å². The largest absolute Gasteiger partial charge is 0.480 e. The molecule has 1 saturated heterocycles. The summed E-state index contributed by atoms with van der Waals surface area (Å²) < 4.78 is 0.647. The van der Waals surface area contributed by atoms with Crippen molar-refractivity contribution in [2.75, 3.05) is 19.3 Å². The van der Waals surface area contributed by atoms with Gasteiger partial charge in [-0.05, 0) is 12.8 Å². The van der Waals surface area contributed by atoms with Gasteiger partial charge < -0.3 is 15.3 Å². The summed E-state index contributed by atoms with van der Waals surface area (Å²) >= 11 is 6.34. The number of carbonyl (C=O) groups excluding carboxylic acids is 1. The summed E-state index contributed by atoms with van der Waals surface area (Å²) in [6.07, 6.45) is 1.66. The lowest BCUT2D eigenvalue weighted by Gasteiger charge is -2.21. The van der Waals surface area contributed by atoms with Crippen molar-refractivity contribution in [1.29, 1.82) is 0 Å². The molecular formula is C10H16N2O3S2. The van der Waals surface area contributed by atoms with Gasteiger partial charge >= 0.3 is 5.97 Å². The minimum Gasteiger partial charge on any atom is -0.480 e. The summed E-state index contributed by atoms with van der Waals surface area (Å²) in [7, 11) is 1.73. The molecule has 17 heavy (non-hydrogen) atoms. The van der Waals surface area contributed by atoms with E-state index in [-0.39, 0.29) is 5.91 Å². The maximum absolute atomic E-state index is 11.8. The first-order valence-corrected chi connectivity index (χ1v) is 6.82.